The van der Waals surface area contributed by atoms with Gasteiger partial charge in [0.25, 0.3) is 0 Å². The van der Waals surface area contributed by atoms with Crippen molar-refractivity contribution >= 4 is 5.69 Å². The van der Waals surface area contributed by atoms with Crippen molar-refractivity contribution in [1.29, 1.82) is 0 Å². The first-order valence-corrected chi connectivity index (χ1v) is 5.08. The fraction of sp³-hybridized carbons (Fsp3) is 0.545. The van der Waals surface area contributed by atoms with Crippen LogP contribution >= 0.6 is 0 Å². The van der Waals surface area contributed by atoms with Gasteiger partial charge in [0.1, 0.15) is 0 Å². The molecule has 14 heavy (non-hydrogen) atoms. The van der Waals surface area contributed by atoms with Crippen LogP contribution < -0.4 is 10.1 Å². The van der Waals surface area contributed by atoms with Crippen molar-refractivity contribution < 1.29 is 4.74 Å². The van der Waals surface area contributed by atoms with Gasteiger partial charge in [-0.25, -0.2) is 4.98 Å². The molecule has 0 saturated heterocycles. The lowest BCUT2D eigenvalue weighted by molar-refractivity contribution is 0.396. The molecule has 1 aliphatic rings. The van der Waals surface area contributed by atoms with Crippen molar-refractivity contribution in [2.45, 2.75) is 32.2 Å². The van der Waals surface area contributed by atoms with Crippen LogP contribution in [0.3, 0.4) is 0 Å². The number of nitrogens with one attached hydrogen (secondary N) is 1. The summed E-state index contributed by atoms with van der Waals surface area (Å²) in [6.45, 7) is 2.00. The smallest absolute Gasteiger partial charge is 0.213 e. The highest BCUT2D eigenvalue weighted by Gasteiger charge is 2.17. The molecule has 3 heteroatoms. The highest BCUT2D eigenvalue weighted by Crippen LogP contribution is 2.25. The Morgan fingerprint density at radius 1 is 1.43 bits per heavy atom. The number of anilines is 1. The summed E-state index contributed by atoms with van der Waals surface area (Å²) in [4.78, 5) is 4.32. The quantitative estimate of drug-likeness (QED) is 0.798. The first-order chi connectivity index (χ1) is 6.79. The molecule has 3 nitrogen and oxygen atoms in total. The van der Waals surface area contributed by atoms with E-state index in [-0.39, 0.29) is 0 Å². The molecule has 76 valence electrons. The van der Waals surface area contributed by atoms with Crippen LogP contribution in [-0.2, 0) is 0 Å². The summed E-state index contributed by atoms with van der Waals surface area (Å²) in [5.41, 5.74) is 2.15. The maximum absolute atomic E-state index is 5.06. The Bertz CT molecular complexity index is 321. The third kappa shape index (κ3) is 1.81. The van der Waals surface area contributed by atoms with E-state index in [4.69, 9.17) is 4.74 Å². The summed E-state index contributed by atoms with van der Waals surface area (Å²) in [5.74, 6) is 0.682. The summed E-state index contributed by atoms with van der Waals surface area (Å²) in [5, 5.41) is 3.48. The van der Waals surface area contributed by atoms with Crippen LogP contribution in [0.2, 0.25) is 0 Å². The molecule has 1 fully saturated rings. The Morgan fingerprint density at radius 2 is 2.21 bits per heavy atom. The average Bonchev–Trinajstić information content (AvgIpc) is 2.13. The zero-order valence-electron chi connectivity index (χ0n) is 8.71. The van der Waals surface area contributed by atoms with Crippen molar-refractivity contribution in [3.8, 4) is 5.88 Å². The van der Waals surface area contributed by atoms with Crippen LogP contribution in [0.1, 0.15) is 25.0 Å². The zero-order valence-corrected chi connectivity index (χ0v) is 8.71. The molecule has 1 aromatic heterocycles. The molecule has 1 saturated carbocycles. The number of hydrogen-bond donors (Lipinski definition) is 1. The topological polar surface area (TPSA) is 34.1 Å². The molecule has 0 aromatic carbocycles. The van der Waals surface area contributed by atoms with Gasteiger partial charge in [-0.15, -0.1) is 0 Å². The van der Waals surface area contributed by atoms with E-state index in [1.807, 2.05) is 19.1 Å². The van der Waals surface area contributed by atoms with E-state index < -0.39 is 0 Å². The molecule has 0 radical (unpaired) electrons. The third-order valence-electron chi connectivity index (χ3n) is 2.73. The molecule has 0 amide bonds. The number of nitrogens with zero attached hydrogens (tertiary/aromatic N) is 1. The highest BCUT2D eigenvalue weighted by molar-refractivity contribution is 5.49. The van der Waals surface area contributed by atoms with Crippen LogP contribution in [-0.4, -0.2) is 18.1 Å². The van der Waals surface area contributed by atoms with Gasteiger partial charge in [0.2, 0.25) is 5.88 Å². The van der Waals surface area contributed by atoms with Gasteiger partial charge in [-0.3, -0.25) is 0 Å². The molecule has 0 spiro atoms. The Balaban J connectivity index is 2.09. The standard InChI is InChI=1S/C11H16N2O/c1-8-10(13-9-4-3-5-9)6-7-11(12-8)14-2/h6-7,9,13H,3-5H2,1-2H3. The van der Waals surface area contributed by atoms with Crippen molar-refractivity contribution in [2.75, 3.05) is 12.4 Å². The minimum absolute atomic E-state index is 0.656. The fourth-order valence-electron chi connectivity index (χ4n) is 1.58. The minimum atomic E-state index is 0.656. The number of pyridine rings is 1. The van der Waals surface area contributed by atoms with E-state index >= 15 is 0 Å². The molecule has 0 unspecified atom stereocenters. The third-order valence-corrected chi connectivity index (χ3v) is 2.73. The van der Waals surface area contributed by atoms with Gasteiger partial charge in [0, 0.05) is 12.1 Å². The van der Waals surface area contributed by atoms with Crippen molar-refractivity contribution in [3.63, 3.8) is 0 Å². The van der Waals surface area contributed by atoms with Gasteiger partial charge in [-0.2, -0.15) is 0 Å². The van der Waals surface area contributed by atoms with Crippen molar-refractivity contribution in [2.24, 2.45) is 0 Å². The van der Waals surface area contributed by atoms with Crippen LogP contribution in [0.15, 0.2) is 12.1 Å². The van der Waals surface area contributed by atoms with Gasteiger partial charge in [0.05, 0.1) is 18.5 Å². The number of aromatic nitrogens is 1. The molecule has 0 bridgehead atoms. The van der Waals surface area contributed by atoms with E-state index in [9.17, 15) is 0 Å². The molecule has 1 aromatic rings. The van der Waals surface area contributed by atoms with Crippen LogP contribution in [0, 0.1) is 6.92 Å². The van der Waals surface area contributed by atoms with Crippen molar-refractivity contribution in [1.82, 2.24) is 4.98 Å². The molecule has 1 aliphatic carbocycles. The monoisotopic (exact) mass is 192 g/mol. The molecular formula is C11H16N2O. The van der Waals surface area contributed by atoms with E-state index in [2.05, 4.69) is 10.3 Å². The lowest BCUT2D eigenvalue weighted by Gasteiger charge is -2.28. The second-order valence-corrected chi connectivity index (χ2v) is 3.76. The van der Waals surface area contributed by atoms with Crippen LogP contribution in [0.25, 0.3) is 0 Å². The number of methoxy groups -OCH3 is 1. The maximum Gasteiger partial charge on any atom is 0.213 e. The van der Waals surface area contributed by atoms with Crippen molar-refractivity contribution in [3.05, 3.63) is 17.8 Å². The number of hydrogen-bond acceptors (Lipinski definition) is 3. The Morgan fingerprint density at radius 3 is 2.71 bits per heavy atom. The Kier molecular flexibility index (Phi) is 2.57. The van der Waals surface area contributed by atoms with Crippen LogP contribution in [0.4, 0.5) is 5.69 Å². The normalized spacial score (nSPS) is 16.1. The minimum Gasteiger partial charge on any atom is -0.481 e. The highest BCUT2D eigenvalue weighted by atomic mass is 16.5. The first-order valence-electron chi connectivity index (χ1n) is 5.08. The first kappa shape index (κ1) is 9.31. The Hall–Kier alpha value is -1.25. The molecule has 1 N–H and O–H groups in total. The molecular weight excluding hydrogens is 176 g/mol. The molecule has 1 heterocycles. The summed E-state index contributed by atoms with van der Waals surface area (Å²) >= 11 is 0. The summed E-state index contributed by atoms with van der Waals surface area (Å²) in [7, 11) is 1.64. The van der Waals surface area contributed by atoms with E-state index in [0.29, 0.717) is 11.9 Å². The van der Waals surface area contributed by atoms with Gasteiger partial charge in [-0.05, 0) is 32.3 Å². The van der Waals surface area contributed by atoms with Gasteiger partial charge < -0.3 is 10.1 Å². The maximum atomic E-state index is 5.06. The number of aryl methyl sites for hydroxylation is 1. The average molecular weight is 192 g/mol. The Labute approximate surface area is 84.5 Å². The molecule has 2 rings (SSSR count). The second kappa shape index (κ2) is 3.86. The lowest BCUT2D eigenvalue weighted by Crippen LogP contribution is -2.27. The lowest BCUT2D eigenvalue weighted by atomic mass is 9.93. The number of rotatable bonds is 3. The predicted molar refractivity (Wildman–Crippen MR) is 56.8 cm³/mol. The van der Waals surface area contributed by atoms with Gasteiger partial charge in [0.15, 0.2) is 0 Å². The number of ether oxygens (including phenoxy) is 1. The van der Waals surface area contributed by atoms with Gasteiger partial charge in [-0.1, -0.05) is 0 Å². The summed E-state index contributed by atoms with van der Waals surface area (Å²) in [6, 6.07) is 4.59. The van der Waals surface area contributed by atoms with E-state index in [1.54, 1.807) is 7.11 Å². The molecule has 0 aliphatic heterocycles. The largest absolute Gasteiger partial charge is 0.481 e. The predicted octanol–water partition coefficient (Wildman–Crippen LogP) is 2.36. The van der Waals surface area contributed by atoms with E-state index in [1.165, 1.54) is 19.3 Å². The van der Waals surface area contributed by atoms with Gasteiger partial charge >= 0.3 is 0 Å². The van der Waals surface area contributed by atoms with E-state index in [0.717, 1.165) is 11.4 Å². The summed E-state index contributed by atoms with van der Waals surface area (Å²) in [6.07, 6.45) is 3.91. The fourth-order valence-corrected chi connectivity index (χ4v) is 1.58. The zero-order chi connectivity index (χ0) is 9.97. The SMILES string of the molecule is COc1ccc(NC2CCC2)c(C)n1. The second-order valence-electron chi connectivity index (χ2n) is 3.76. The van der Waals surface area contributed by atoms with Crippen LogP contribution in [0.5, 0.6) is 5.88 Å². The summed E-state index contributed by atoms with van der Waals surface area (Å²) < 4.78 is 5.06. The molecule has 0 atom stereocenters.